The average molecular weight is 390 g/mol. The van der Waals surface area contributed by atoms with Gasteiger partial charge in [-0.2, -0.15) is 0 Å². The number of aromatic hydroxyl groups is 1. The van der Waals surface area contributed by atoms with Crippen molar-refractivity contribution in [3.8, 4) is 11.5 Å². The van der Waals surface area contributed by atoms with Crippen molar-refractivity contribution >= 4 is 23.1 Å². The predicted molar refractivity (Wildman–Crippen MR) is 113 cm³/mol. The van der Waals surface area contributed by atoms with Gasteiger partial charge in [0.2, 0.25) is 5.78 Å². The highest BCUT2D eigenvalue weighted by atomic mass is 16.5. The van der Waals surface area contributed by atoms with Crippen LogP contribution < -0.4 is 15.4 Å². The molecule has 0 aliphatic carbocycles. The third-order valence-electron chi connectivity index (χ3n) is 4.81. The van der Waals surface area contributed by atoms with Gasteiger partial charge in [0, 0.05) is 12.7 Å². The van der Waals surface area contributed by atoms with Gasteiger partial charge >= 0.3 is 0 Å². The summed E-state index contributed by atoms with van der Waals surface area (Å²) in [6, 6.07) is 16.7. The van der Waals surface area contributed by atoms with Crippen molar-refractivity contribution < 1.29 is 19.4 Å². The molecule has 0 heterocycles. The fourth-order valence-corrected chi connectivity index (χ4v) is 3.23. The molecule has 0 spiro atoms. The van der Waals surface area contributed by atoms with Crippen LogP contribution in [0.25, 0.3) is 0 Å². The summed E-state index contributed by atoms with van der Waals surface area (Å²) in [4.78, 5) is 27.5. The molecule has 6 heteroatoms. The van der Waals surface area contributed by atoms with E-state index in [2.05, 4.69) is 0 Å². The zero-order chi connectivity index (χ0) is 21.1. The molecule has 0 aliphatic rings. The van der Waals surface area contributed by atoms with Gasteiger partial charge in [0.15, 0.2) is 5.75 Å². The van der Waals surface area contributed by atoms with E-state index in [1.807, 2.05) is 31.2 Å². The summed E-state index contributed by atoms with van der Waals surface area (Å²) in [5.74, 6) is -0.811. The van der Waals surface area contributed by atoms with Crippen molar-refractivity contribution in [2.24, 2.45) is 0 Å². The summed E-state index contributed by atoms with van der Waals surface area (Å²) < 4.78 is 5.36. The molecule has 3 N–H and O–H groups in total. The third-order valence-corrected chi connectivity index (χ3v) is 4.81. The first-order valence-electron chi connectivity index (χ1n) is 8.99. The molecule has 3 aromatic carbocycles. The van der Waals surface area contributed by atoms with Gasteiger partial charge in [-0.3, -0.25) is 9.59 Å². The first-order valence-corrected chi connectivity index (χ1v) is 8.99. The Kier molecular flexibility index (Phi) is 5.54. The van der Waals surface area contributed by atoms with Gasteiger partial charge in [-0.25, -0.2) is 0 Å². The lowest BCUT2D eigenvalue weighted by Gasteiger charge is -2.21. The molecule has 1 amide bonds. The number of aryl methyl sites for hydroxylation is 1. The molecule has 0 bridgehead atoms. The highest BCUT2D eigenvalue weighted by Crippen LogP contribution is 2.34. The Morgan fingerprint density at radius 2 is 1.55 bits per heavy atom. The van der Waals surface area contributed by atoms with E-state index in [9.17, 15) is 14.7 Å². The largest absolute Gasteiger partial charge is 0.507 e. The van der Waals surface area contributed by atoms with Crippen LogP contribution in [0.2, 0.25) is 0 Å². The van der Waals surface area contributed by atoms with Gasteiger partial charge in [-0.15, -0.1) is 0 Å². The molecule has 3 aromatic rings. The summed E-state index contributed by atoms with van der Waals surface area (Å²) in [5.41, 5.74) is 8.50. The van der Waals surface area contributed by atoms with Crippen LogP contribution in [0.5, 0.6) is 11.5 Å². The summed E-state index contributed by atoms with van der Waals surface area (Å²) in [7, 11) is 3.05. The number of carbonyl (C=O) groups is 2. The normalized spacial score (nSPS) is 10.4. The van der Waals surface area contributed by atoms with E-state index >= 15 is 0 Å². The Morgan fingerprint density at radius 3 is 2.21 bits per heavy atom. The molecule has 29 heavy (non-hydrogen) atoms. The smallest absolute Gasteiger partial charge is 0.260 e. The van der Waals surface area contributed by atoms with Crippen LogP contribution in [0.4, 0.5) is 11.4 Å². The van der Waals surface area contributed by atoms with E-state index in [4.69, 9.17) is 10.5 Å². The number of hydrogen-bond donors (Lipinski definition) is 2. The first kappa shape index (κ1) is 19.9. The van der Waals surface area contributed by atoms with Gasteiger partial charge in [0.25, 0.3) is 5.91 Å². The Morgan fingerprint density at radius 1 is 0.931 bits per heavy atom. The second-order valence-electron chi connectivity index (χ2n) is 6.60. The maximum Gasteiger partial charge on any atom is 0.260 e. The number of ketones is 1. The third kappa shape index (κ3) is 3.65. The summed E-state index contributed by atoms with van der Waals surface area (Å²) in [6.07, 6.45) is 0. The second-order valence-corrected chi connectivity index (χ2v) is 6.60. The molecule has 148 valence electrons. The molecule has 0 radical (unpaired) electrons. The Bertz CT molecular complexity index is 1090. The van der Waals surface area contributed by atoms with Gasteiger partial charge < -0.3 is 20.5 Å². The monoisotopic (exact) mass is 390 g/mol. The number of para-hydroxylation sites is 2. The fraction of sp³-hybridized carbons (Fsp3) is 0.130. The second kappa shape index (κ2) is 8.06. The molecule has 0 unspecified atom stereocenters. The fourth-order valence-electron chi connectivity index (χ4n) is 3.23. The Balaban J connectivity index is 2.03. The number of ether oxygens (including phenoxy) is 1. The number of amides is 1. The van der Waals surface area contributed by atoms with Crippen molar-refractivity contribution in [1.29, 1.82) is 0 Å². The number of nitrogens with two attached hydrogens (primary N) is 1. The zero-order valence-electron chi connectivity index (χ0n) is 16.5. The maximum atomic E-state index is 13.1. The van der Waals surface area contributed by atoms with Gasteiger partial charge in [-0.1, -0.05) is 30.3 Å². The topological polar surface area (TPSA) is 92.9 Å². The number of phenols is 1. The number of phenolic OH excluding ortho intramolecular Hbond substituents is 1. The lowest BCUT2D eigenvalue weighted by atomic mass is 9.98. The van der Waals surface area contributed by atoms with E-state index in [0.717, 1.165) is 11.3 Å². The molecule has 6 nitrogen and oxygen atoms in total. The highest BCUT2D eigenvalue weighted by molar-refractivity contribution is 6.16. The van der Waals surface area contributed by atoms with Crippen LogP contribution in [-0.4, -0.2) is 31.0 Å². The van der Waals surface area contributed by atoms with E-state index in [0.29, 0.717) is 0 Å². The number of rotatable bonds is 5. The molecule has 0 saturated heterocycles. The minimum atomic E-state index is -0.446. The molecule has 0 saturated carbocycles. The predicted octanol–water partition coefficient (Wildman–Crippen LogP) is 3.80. The first-order chi connectivity index (χ1) is 13.9. The van der Waals surface area contributed by atoms with Crippen molar-refractivity contribution in [3.05, 3.63) is 82.9 Å². The Hall–Kier alpha value is -3.80. The molecule has 3 rings (SSSR count). The van der Waals surface area contributed by atoms with Gasteiger partial charge in [-0.05, 0) is 42.8 Å². The summed E-state index contributed by atoms with van der Waals surface area (Å²) >= 11 is 0. The van der Waals surface area contributed by atoms with E-state index in [1.165, 1.54) is 36.3 Å². The van der Waals surface area contributed by atoms with Crippen LogP contribution in [0.3, 0.4) is 0 Å². The van der Waals surface area contributed by atoms with Gasteiger partial charge in [0.1, 0.15) is 5.75 Å². The molecular formula is C23H22N2O4. The van der Waals surface area contributed by atoms with Gasteiger partial charge in [0.05, 0.1) is 29.5 Å². The van der Waals surface area contributed by atoms with Crippen LogP contribution >= 0.6 is 0 Å². The number of nitrogen functional groups attached to an aromatic ring is 1. The number of hydrogen-bond acceptors (Lipinski definition) is 5. The van der Waals surface area contributed by atoms with E-state index in [-0.39, 0.29) is 39.8 Å². The molecule has 0 fully saturated rings. The molecule has 0 aromatic heterocycles. The minimum Gasteiger partial charge on any atom is -0.507 e. The maximum absolute atomic E-state index is 13.1. The quantitative estimate of drug-likeness (QED) is 0.511. The lowest BCUT2D eigenvalue weighted by molar-refractivity contribution is 0.0989. The van der Waals surface area contributed by atoms with Crippen molar-refractivity contribution in [2.45, 2.75) is 6.92 Å². The van der Waals surface area contributed by atoms with E-state index < -0.39 is 5.78 Å². The molecular weight excluding hydrogens is 368 g/mol. The Labute approximate surface area is 169 Å². The van der Waals surface area contributed by atoms with Crippen LogP contribution in [0, 0.1) is 6.92 Å². The number of carbonyl (C=O) groups excluding carboxylic acids is 2. The van der Waals surface area contributed by atoms with Crippen LogP contribution in [0.1, 0.15) is 31.8 Å². The number of benzene rings is 3. The average Bonchev–Trinajstić information content (AvgIpc) is 2.72. The van der Waals surface area contributed by atoms with Crippen LogP contribution in [-0.2, 0) is 0 Å². The minimum absolute atomic E-state index is 0.0687. The number of methoxy groups -OCH3 is 1. The SMILES string of the molecule is COc1c(C(=O)c2ccccc2O)ccc(C(=O)N(C)c2ccccc2C)c1N. The standard InChI is InChI=1S/C23H22N2O4/c1-14-8-4-6-10-18(14)25(2)23(28)16-12-13-17(22(29-3)20(16)24)21(27)15-9-5-7-11-19(15)26/h4-13,26H,24H2,1-3H3. The summed E-state index contributed by atoms with van der Waals surface area (Å²) in [6.45, 7) is 1.91. The van der Waals surface area contributed by atoms with Crippen molar-refractivity contribution in [3.63, 3.8) is 0 Å². The zero-order valence-corrected chi connectivity index (χ0v) is 16.5. The number of anilines is 2. The van der Waals surface area contributed by atoms with Crippen molar-refractivity contribution in [1.82, 2.24) is 0 Å². The lowest BCUT2D eigenvalue weighted by Crippen LogP contribution is -2.28. The highest BCUT2D eigenvalue weighted by Gasteiger charge is 2.25. The van der Waals surface area contributed by atoms with Crippen molar-refractivity contribution in [2.75, 3.05) is 24.8 Å². The van der Waals surface area contributed by atoms with E-state index in [1.54, 1.807) is 19.2 Å². The summed E-state index contributed by atoms with van der Waals surface area (Å²) in [5, 5.41) is 9.99. The molecule has 0 atom stereocenters. The number of nitrogens with zero attached hydrogens (tertiary/aromatic N) is 1. The van der Waals surface area contributed by atoms with Crippen LogP contribution in [0.15, 0.2) is 60.7 Å². The molecule has 0 aliphatic heterocycles.